The molecule has 0 heterocycles. The minimum absolute atomic E-state index is 0.225. The normalized spacial score (nSPS) is 12.3. The lowest BCUT2D eigenvalue weighted by atomic mass is 10.2. The Morgan fingerprint density at radius 2 is 2.14 bits per heavy atom. The van der Waals surface area contributed by atoms with E-state index in [4.69, 9.17) is 23.2 Å². The van der Waals surface area contributed by atoms with Crippen molar-refractivity contribution in [1.29, 1.82) is 0 Å². The van der Waals surface area contributed by atoms with Gasteiger partial charge in [0.25, 0.3) is 0 Å². The highest BCUT2D eigenvalue weighted by atomic mass is 35.5. The van der Waals surface area contributed by atoms with Gasteiger partial charge in [0.05, 0.1) is 0 Å². The molecule has 0 saturated carbocycles. The van der Waals surface area contributed by atoms with Crippen LogP contribution in [0.2, 0.25) is 5.02 Å². The minimum Gasteiger partial charge on any atom is -0.325 e. The summed E-state index contributed by atoms with van der Waals surface area (Å²) in [5.74, 6) is -0.225. The smallest absolute Gasteiger partial charge is 0.242 e. The van der Waals surface area contributed by atoms with E-state index in [-0.39, 0.29) is 5.91 Å². The van der Waals surface area contributed by atoms with Gasteiger partial charge in [-0.3, -0.25) is 4.79 Å². The maximum absolute atomic E-state index is 11.3. The molecule has 0 aliphatic carbocycles. The van der Waals surface area contributed by atoms with Gasteiger partial charge in [-0.1, -0.05) is 17.7 Å². The fourth-order valence-corrected chi connectivity index (χ4v) is 1.19. The molecule has 1 atom stereocenters. The molecule has 1 amide bonds. The summed E-state index contributed by atoms with van der Waals surface area (Å²) >= 11 is 11.4. The largest absolute Gasteiger partial charge is 0.325 e. The van der Waals surface area contributed by atoms with Gasteiger partial charge < -0.3 is 5.32 Å². The molecule has 1 rings (SSSR count). The van der Waals surface area contributed by atoms with E-state index < -0.39 is 5.38 Å². The molecule has 0 radical (unpaired) electrons. The van der Waals surface area contributed by atoms with E-state index in [1.165, 1.54) is 0 Å². The number of carbonyl (C=O) groups is 1. The van der Waals surface area contributed by atoms with Crippen molar-refractivity contribution < 1.29 is 4.79 Å². The van der Waals surface area contributed by atoms with E-state index in [2.05, 4.69) is 5.32 Å². The molecular formula is C10H11Cl2NO. The zero-order valence-electron chi connectivity index (χ0n) is 7.97. The van der Waals surface area contributed by atoms with Crippen molar-refractivity contribution in [2.24, 2.45) is 0 Å². The number of hydrogen-bond donors (Lipinski definition) is 1. The molecular weight excluding hydrogens is 221 g/mol. The van der Waals surface area contributed by atoms with Crippen LogP contribution in [-0.4, -0.2) is 11.3 Å². The lowest BCUT2D eigenvalue weighted by Crippen LogP contribution is -2.20. The van der Waals surface area contributed by atoms with Crippen LogP contribution < -0.4 is 5.32 Å². The van der Waals surface area contributed by atoms with E-state index in [0.29, 0.717) is 10.7 Å². The van der Waals surface area contributed by atoms with Gasteiger partial charge in [0.2, 0.25) is 5.91 Å². The quantitative estimate of drug-likeness (QED) is 0.779. The number of benzene rings is 1. The minimum atomic E-state index is -0.548. The summed E-state index contributed by atoms with van der Waals surface area (Å²) in [4.78, 5) is 11.3. The molecule has 1 aromatic carbocycles. The predicted molar refractivity (Wildman–Crippen MR) is 60.1 cm³/mol. The molecule has 0 saturated heterocycles. The van der Waals surface area contributed by atoms with Gasteiger partial charge in [0.15, 0.2) is 0 Å². The molecule has 0 fully saturated rings. The van der Waals surface area contributed by atoms with Crippen LogP contribution in [0.15, 0.2) is 18.2 Å². The second-order valence-corrected chi connectivity index (χ2v) is 4.16. The van der Waals surface area contributed by atoms with Gasteiger partial charge in [-0.2, -0.15) is 0 Å². The molecule has 0 bridgehead atoms. The Morgan fingerprint density at radius 1 is 1.50 bits per heavy atom. The molecule has 0 aliphatic heterocycles. The molecule has 1 unspecified atom stereocenters. The van der Waals surface area contributed by atoms with Gasteiger partial charge in [0, 0.05) is 10.7 Å². The number of halogens is 2. The molecule has 1 N–H and O–H groups in total. The summed E-state index contributed by atoms with van der Waals surface area (Å²) in [5, 5.41) is 2.74. The van der Waals surface area contributed by atoms with Crippen LogP contribution in [0, 0.1) is 6.92 Å². The Balaban J connectivity index is 2.86. The number of rotatable bonds is 2. The van der Waals surface area contributed by atoms with Gasteiger partial charge in [0.1, 0.15) is 5.38 Å². The van der Waals surface area contributed by atoms with E-state index in [9.17, 15) is 4.79 Å². The van der Waals surface area contributed by atoms with Crippen molar-refractivity contribution in [3.63, 3.8) is 0 Å². The first-order valence-electron chi connectivity index (χ1n) is 4.22. The summed E-state index contributed by atoms with van der Waals surface area (Å²) < 4.78 is 0. The molecule has 76 valence electrons. The Hall–Kier alpha value is -0.730. The van der Waals surface area contributed by atoms with E-state index in [1.807, 2.05) is 13.0 Å². The number of amides is 1. The third kappa shape index (κ3) is 2.89. The maximum Gasteiger partial charge on any atom is 0.242 e. The fraction of sp³-hybridized carbons (Fsp3) is 0.300. The first-order chi connectivity index (χ1) is 6.50. The number of aryl methyl sites for hydroxylation is 1. The third-order valence-electron chi connectivity index (χ3n) is 1.82. The lowest BCUT2D eigenvalue weighted by molar-refractivity contribution is -0.115. The van der Waals surface area contributed by atoms with Crippen LogP contribution in [0.1, 0.15) is 12.5 Å². The third-order valence-corrected chi connectivity index (χ3v) is 2.25. The highest BCUT2D eigenvalue weighted by molar-refractivity contribution is 6.32. The van der Waals surface area contributed by atoms with Gasteiger partial charge in [-0.25, -0.2) is 0 Å². The zero-order chi connectivity index (χ0) is 10.7. The Labute approximate surface area is 93.2 Å². The molecule has 0 aromatic heterocycles. The van der Waals surface area contributed by atoms with Crippen LogP contribution in [-0.2, 0) is 4.79 Å². The molecule has 0 spiro atoms. The highest BCUT2D eigenvalue weighted by Crippen LogP contribution is 2.20. The number of carbonyl (C=O) groups excluding carboxylic acids is 1. The van der Waals surface area contributed by atoms with Gasteiger partial charge >= 0.3 is 0 Å². The van der Waals surface area contributed by atoms with Crippen molar-refractivity contribution in [2.45, 2.75) is 19.2 Å². The average Bonchev–Trinajstić information content (AvgIpc) is 2.11. The van der Waals surface area contributed by atoms with Crippen LogP contribution in [0.5, 0.6) is 0 Å². The standard InChI is InChI=1S/C10H11Cl2NO/c1-6-3-4-8(12)5-9(6)13-10(14)7(2)11/h3-5,7H,1-2H3,(H,13,14). The first kappa shape index (κ1) is 11.3. The molecule has 2 nitrogen and oxygen atoms in total. The van der Waals surface area contributed by atoms with Crippen LogP contribution in [0.25, 0.3) is 0 Å². The summed E-state index contributed by atoms with van der Waals surface area (Å²) in [5.41, 5.74) is 1.66. The first-order valence-corrected chi connectivity index (χ1v) is 5.03. The van der Waals surface area contributed by atoms with E-state index >= 15 is 0 Å². The molecule has 0 aliphatic rings. The Kier molecular flexibility index (Phi) is 3.78. The zero-order valence-corrected chi connectivity index (χ0v) is 9.49. The van der Waals surface area contributed by atoms with E-state index in [0.717, 1.165) is 5.56 Å². The maximum atomic E-state index is 11.3. The van der Waals surface area contributed by atoms with Crippen molar-refractivity contribution in [2.75, 3.05) is 5.32 Å². The van der Waals surface area contributed by atoms with Crippen molar-refractivity contribution in [3.05, 3.63) is 28.8 Å². The second kappa shape index (κ2) is 4.67. The summed E-state index contributed by atoms with van der Waals surface area (Å²) in [6.07, 6.45) is 0. The summed E-state index contributed by atoms with van der Waals surface area (Å²) in [7, 11) is 0. The number of nitrogens with one attached hydrogen (secondary N) is 1. The van der Waals surface area contributed by atoms with Crippen LogP contribution in [0.4, 0.5) is 5.69 Å². The Morgan fingerprint density at radius 3 is 2.71 bits per heavy atom. The topological polar surface area (TPSA) is 29.1 Å². The predicted octanol–water partition coefficient (Wildman–Crippen LogP) is 3.21. The van der Waals surface area contributed by atoms with Crippen molar-refractivity contribution >= 4 is 34.8 Å². The highest BCUT2D eigenvalue weighted by Gasteiger charge is 2.10. The van der Waals surface area contributed by atoms with E-state index in [1.54, 1.807) is 19.1 Å². The number of hydrogen-bond acceptors (Lipinski definition) is 1. The lowest BCUT2D eigenvalue weighted by Gasteiger charge is -2.09. The van der Waals surface area contributed by atoms with Crippen molar-refractivity contribution in [3.8, 4) is 0 Å². The summed E-state index contributed by atoms with van der Waals surface area (Å²) in [6, 6.07) is 5.32. The van der Waals surface area contributed by atoms with Crippen LogP contribution in [0.3, 0.4) is 0 Å². The molecule has 4 heteroatoms. The fourth-order valence-electron chi connectivity index (χ4n) is 0.961. The average molecular weight is 232 g/mol. The Bertz CT molecular complexity index is 350. The van der Waals surface area contributed by atoms with Gasteiger partial charge in [-0.15, -0.1) is 11.6 Å². The number of alkyl halides is 1. The van der Waals surface area contributed by atoms with Crippen molar-refractivity contribution in [1.82, 2.24) is 0 Å². The molecule has 14 heavy (non-hydrogen) atoms. The second-order valence-electron chi connectivity index (χ2n) is 3.06. The summed E-state index contributed by atoms with van der Waals surface area (Å²) in [6.45, 7) is 3.52. The molecule has 1 aromatic rings. The van der Waals surface area contributed by atoms with Gasteiger partial charge in [-0.05, 0) is 31.5 Å². The monoisotopic (exact) mass is 231 g/mol. The SMILES string of the molecule is Cc1ccc(Cl)cc1NC(=O)C(C)Cl. The number of anilines is 1. The van der Waals surface area contributed by atoms with Crippen LogP contribution >= 0.6 is 23.2 Å².